The third-order valence-electron chi connectivity index (χ3n) is 4.92. The molecule has 0 spiro atoms. The third kappa shape index (κ3) is 10.4. The van der Waals surface area contributed by atoms with Gasteiger partial charge in [-0.3, -0.25) is 14.4 Å². The van der Waals surface area contributed by atoms with Gasteiger partial charge in [-0.15, -0.1) is 0 Å². The van der Waals surface area contributed by atoms with E-state index in [9.17, 15) is 19.2 Å². The fourth-order valence-corrected chi connectivity index (χ4v) is 3.42. The van der Waals surface area contributed by atoms with Crippen molar-refractivity contribution in [2.45, 2.75) is 85.4 Å². The number of carbonyl (C=O) groups excluding carboxylic acids is 4. The number of hydrogen-bond donors (Lipinski definition) is 2. The molecule has 1 atom stereocenters. The Balaban J connectivity index is 3.21. The molecule has 196 valence electrons. The summed E-state index contributed by atoms with van der Waals surface area (Å²) in [5, 5.41) is 5.24. The lowest BCUT2D eigenvalue weighted by Gasteiger charge is -2.41. The summed E-state index contributed by atoms with van der Waals surface area (Å²) in [6.07, 6.45) is 0.130. The molecule has 0 radical (unpaired) electrons. The Morgan fingerprint density at radius 2 is 1.54 bits per heavy atom. The lowest BCUT2D eigenvalue weighted by molar-refractivity contribution is -0.146. The minimum absolute atomic E-state index is 0.0186. The summed E-state index contributed by atoms with van der Waals surface area (Å²) in [5.41, 5.74) is 0.241. The molecule has 0 saturated carbocycles. The molecule has 1 unspecified atom stereocenters. The summed E-state index contributed by atoms with van der Waals surface area (Å²) >= 11 is 0. The number of nitrogens with one attached hydrogen (secondary N) is 2. The average Bonchev–Trinajstić information content (AvgIpc) is 2.74. The number of ether oxygens (including phenoxy) is 2. The van der Waals surface area contributed by atoms with Crippen molar-refractivity contribution in [3.63, 3.8) is 0 Å². The SMILES string of the molecule is CCOC(=O)CCNC(=O)C(c1ccc(CC)cc1)N(C(=O)CNC(=O)OC(C)(C)C)C(C)(C)C. The minimum atomic E-state index is -0.976. The first-order valence-corrected chi connectivity index (χ1v) is 12.0. The van der Waals surface area contributed by atoms with E-state index in [4.69, 9.17) is 9.47 Å². The number of alkyl carbamates (subject to hydrolysis) is 1. The van der Waals surface area contributed by atoms with Gasteiger partial charge in [0.2, 0.25) is 11.8 Å². The average molecular weight is 492 g/mol. The van der Waals surface area contributed by atoms with Crippen LogP contribution in [0.3, 0.4) is 0 Å². The molecule has 0 fully saturated rings. The summed E-state index contributed by atoms with van der Waals surface area (Å²) in [4.78, 5) is 52.0. The zero-order chi connectivity index (χ0) is 26.8. The largest absolute Gasteiger partial charge is 0.466 e. The Morgan fingerprint density at radius 1 is 0.943 bits per heavy atom. The van der Waals surface area contributed by atoms with E-state index in [1.165, 1.54) is 4.90 Å². The van der Waals surface area contributed by atoms with E-state index < -0.39 is 41.1 Å². The van der Waals surface area contributed by atoms with Gasteiger partial charge < -0.3 is 25.0 Å². The van der Waals surface area contributed by atoms with E-state index in [1.54, 1.807) is 27.7 Å². The Morgan fingerprint density at radius 3 is 2.03 bits per heavy atom. The number of carbonyl (C=O) groups is 4. The van der Waals surface area contributed by atoms with E-state index in [0.717, 1.165) is 12.0 Å². The molecule has 0 aliphatic heterocycles. The second-order valence-electron chi connectivity index (χ2n) is 10.1. The fraction of sp³-hybridized carbons (Fsp3) is 0.615. The number of amides is 3. The van der Waals surface area contributed by atoms with Crippen molar-refractivity contribution in [2.75, 3.05) is 19.7 Å². The van der Waals surface area contributed by atoms with Crippen LogP contribution in [0.2, 0.25) is 0 Å². The predicted octanol–water partition coefficient (Wildman–Crippen LogP) is 3.51. The number of rotatable bonds is 10. The maximum absolute atomic E-state index is 13.4. The Kier molecular flexibility index (Phi) is 11.2. The summed E-state index contributed by atoms with van der Waals surface area (Å²) in [6.45, 7) is 14.4. The number of hydrogen-bond acceptors (Lipinski definition) is 6. The van der Waals surface area contributed by atoms with Crippen molar-refractivity contribution in [1.29, 1.82) is 0 Å². The standard InChI is InChI=1S/C26H41N3O6/c1-9-18-11-13-19(14-12-18)22(23(32)27-16-15-21(31)34-10-2)29(25(3,4)5)20(30)17-28-24(33)35-26(6,7)8/h11-14,22H,9-10,15-17H2,1-8H3,(H,27,32)(H,28,33). The summed E-state index contributed by atoms with van der Waals surface area (Å²) in [6, 6.07) is 6.50. The smallest absolute Gasteiger partial charge is 0.408 e. The summed E-state index contributed by atoms with van der Waals surface area (Å²) < 4.78 is 10.1. The Hall–Kier alpha value is -3.10. The maximum atomic E-state index is 13.4. The summed E-state index contributed by atoms with van der Waals surface area (Å²) in [5.74, 6) is -1.30. The second kappa shape index (κ2) is 13.1. The third-order valence-corrected chi connectivity index (χ3v) is 4.92. The number of benzene rings is 1. The van der Waals surface area contributed by atoms with E-state index >= 15 is 0 Å². The monoisotopic (exact) mass is 491 g/mol. The highest BCUT2D eigenvalue weighted by molar-refractivity contribution is 5.91. The van der Waals surface area contributed by atoms with Gasteiger partial charge in [-0.2, -0.15) is 0 Å². The van der Waals surface area contributed by atoms with Crippen LogP contribution in [-0.2, 0) is 30.3 Å². The molecule has 0 aliphatic carbocycles. The lowest BCUT2D eigenvalue weighted by Crippen LogP contribution is -2.55. The van der Waals surface area contributed by atoms with Crippen molar-refractivity contribution >= 4 is 23.9 Å². The van der Waals surface area contributed by atoms with Crippen molar-refractivity contribution in [3.05, 3.63) is 35.4 Å². The molecule has 3 amide bonds. The second-order valence-corrected chi connectivity index (χ2v) is 10.1. The van der Waals surface area contributed by atoms with Crippen LogP contribution in [0, 0.1) is 0 Å². The van der Waals surface area contributed by atoms with Crippen molar-refractivity contribution < 1.29 is 28.7 Å². The molecular weight excluding hydrogens is 450 g/mol. The molecular formula is C26H41N3O6. The molecule has 2 N–H and O–H groups in total. The molecule has 9 nitrogen and oxygen atoms in total. The van der Waals surface area contributed by atoms with E-state index in [1.807, 2.05) is 52.0 Å². The van der Waals surface area contributed by atoms with Crippen molar-refractivity contribution in [1.82, 2.24) is 15.5 Å². The Labute approximate surface area is 208 Å². The fourth-order valence-electron chi connectivity index (χ4n) is 3.42. The van der Waals surface area contributed by atoms with Crippen LogP contribution in [0.15, 0.2) is 24.3 Å². The highest BCUT2D eigenvalue weighted by atomic mass is 16.6. The topological polar surface area (TPSA) is 114 Å². The lowest BCUT2D eigenvalue weighted by atomic mass is 9.95. The first-order valence-electron chi connectivity index (χ1n) is 12.0. The van der Waals surface area contributed by atoms with Crippen LogP contribution < -0.4 is 10.6 Å². The van der Waals surface area contributed by atoms with Gasteiger partial charge in [-0.25, -0.2) is 4.79 Å². The first-order chi connectivity index (χ1) is 16.2. The van der Waals surface area contributed by atoms with Crippen LogP contribution in [0.5, 0.6) is 0 Å². The number of nitrogens with zero attached hydrogens (tertiary/aromatic N) is 1. The minimum Gasteiger partial charge on any atom is -0.466 e. The molecule has 0 saturated heterocycles. The van der Waals surface area contributed by atoms with Crippen LogP contribution in [0.1, 0.15) is 79.0 Å². The van der Waals surface area contributed by atoms with Gasteiger partial charge in [0.05, 0.1) is 13.0 Å². The van der Waals surface area contributed by atoms with Crippen molar-refractivity contribution in [3.8, 4) is 0 Å². The zero-order valence-electron chi connectivity index (χ0n) is 22.3. The molecule has 35 heavy (non-hydrogen) atoms. The molecule has 1 aromatic carbocycles. The van der Waals surface area contributed by atoms with E-state index in [-0.39, 0.29) is 26.1 Å². The van der Waals surface area contributed by atoms with Gasteiger partial charge in [0, 0.05) is 12.1 Å². The van der Waals surface area contributed by atoms with Crippen LogP contribution in [0.25, 0.3) is 0 Å². The van der Waals surface area contributed by atoms with E-state index in [2.05, 4.69) is 10.6 Å². The normalized spacial score (nSPS) is 12.3. The molecule has 0 aromatic heterocycles. The summed E-state index contributed by atoms with van der Waals surface area (Å²) in [7, 11) is 0. The number of esters is 1. The Bertz CT molecular complexity index is 869. The molecule has 0 heterocycles. The van der Waals surface area contributed by atoms with E-state index in [0.29, 0.717) is 5.56 Å². The van der Waals surface area contributed by atoms with Gasteiger partial charge in [0.15, 0.2) is 0 Å². The maximum Gasteiger partial charge on any atom is 0.408 e. The van der Waals surface area contributed by atoms with Gasteiger partial charge >= 0.3 is 12.1 Å². The highest BCUT2D eigenvalue weighted by Crippen LogP contribution is 2.29. The molecule has 9 heteroatoms. The quantitative estimate of drug-likeness (QED) is 0.484. The van der Waals surface area contributed by atoms with Gasteiger partial charge in [0.25, 0.3) is 0 Å². The van der Waals surface area contributed by atoms with Gasteiger partial charge in [-0.1, -0.05) is 31.2 Å². The molecule has 1 aromatic rings. The molecule has 0 aliphatic rings. The van der Waals surface area contributed by atoms with Crippen LogP contribution >= 0.6 is 0 Å². The van der Waals surface area contributed by atoms with Crippen LogP contribution in [-0.4, -0.2) is 59.6 Å². The highest BCUT2D eigenvalue weighted by Gasteiger charge is 2.38. The predicted molar refractivity (Wildman–Crippen MR) is 134 cm³/mol. The number of aryl methyl sites for hydroxylation is 1. The van der Waals surface area contributed by atoms with Crippen LogP contribution in [0.4, 0.5) is 4.79 Å². The van der Waals surface area contributed by atoms with Crippen molar-refractivity contribution in [2.24, 2.45) is 0 Å². The van der Waals surface area contributed by atoms with Gasteiger partial charge in [-0.05, 0) is 66.0 Å². The zero-order valence-corrected chi connectivity index (χ0v) is 22.3. The first kappa shape index (κ1) is 29.9. The van der Waals surface area contributed by atoms with Gasteiger partial charge in [0.1, 0.15) is 18.2 Å². The molecule has 0 bridgehead atoms. The molecule has 1 rings (SSSR count).